The lowest BCUT2D eigenvalue weighted by Crippen LogP contribution is -2.22. The normalized spacial score (nSPS) is 17.2. The van der Waals surface area contributed by atoms with Gasteiger partial charge < -0.3 is 4.74 Å². The second-order valence-electron chi connectivity index (χ2n) is 4.47. The number of thioether (sulfide) groups is 1. The van der Waals surface area contributed by atoms with Crippen LogP contribution in [0.3, 0.4) is 0 Å². The molecule has 0 aromatic heterocycles. The Labute approximate surface area is 118 Å². The number of carbonyl (C=O) groups is 1. The Morgan fingerprint density at radius 1 is 1.32 bits per heavy atom. The lowest BCUT2D eigenvalue weighted by Gasteiger charge is -2.20. The third kappa shape index (κ3) is 4.39. The number of rotatable bonds is 3. The lowest BCUT2D eigenvalue weighted by atomic mass is 10.1. The van der Waals surface area contributed by atoms with Crippen molar-refractivity contribution < 1.29 is 9.53 Å². The van der Waals surface area contributed by atoms with Gasteiger partial charge in [-0.15, -0.1) is 0 Å². The van der Waals surface area contributed by atoms with E-state index in [2.05, 4.69) is 4.99 Å². The van der Waals surface area contributed by atoms with Crippen molar-refractivity contribution in [1.29, 1.82) is 0 Å². The molecule has 0 aliphatic carbocycles. The summed E-state index contributed by atoms with van der Waals surface area (Å²) in [6.45, 7) is 2.00. The Balaban J connectivity index is 1.99. The molecule has 1 aliphatic rings. The van der Waals surface area contributed by atoms with Gasteiger partial charge in [0.15, 0.2) is 0 Å². The van der Waals surface area contributed by atoms with Crippen molar-refractivity contribution in [3.8, 4) is 0 Å². The average molecular weight is 277 g/mol. The highest BCUT2D eigenvalue weighted by atomic mass is 32.2. The predicted molar refractivity (Wildman–Crippen MR) is 80.1 cm³/mol. The van der Waals surface area contributed by atoms with E-state index < -0.39 is 6.09 Å². The zero-order chi connectivity index (χ0) is 13.5. The van der Waals surface area contributed by atoms with E-state index in [4.69, 9.17) is 4.74 Å². The minimum Gasteiger partial charge on any atom is -0.445 e. The van der Waals surface area contributed by atoms with Crippen molar-refractivity contribution >= 4 is 23.6 Å². The number of benzene rings is 1. The first-order valence-corrected chi connectivity index (χ1v) is 7.86. The first-order valence-electron chi connectivity index (χ1n) is 6.71. The van der Waals surface area contributed by atoms with Crippen molar-refractivity contribution in [2.45, 2.75) is 32.3 Å². The summed E-state index contributed by atoms with van der Waals surface area (Å²) in [6, 6.07) is 9.78. The molecule has 1 heterocycles. The first kappa shape index (κ1) is 14.1. The summed E-state index contributed by atoms with van der Waals surface area (Å²) < 4.78 is 5.41. The van der Waals surface area contributed by atoms with Crippen LogP contribution in [0.1, 0.15) is 31.7 Å². The van der Waals surface area contributed by atoms with Crippen molar-refractivity contribution in [2.24, 2.45) is 4.99 Å². The smallest absolute Gasteiger partial charge is 0.434 e. The van der Waals surface area contributed by atoms with E-state index in [1.807, 2.05) is 49.0 Å². The maximum absolute atomic E-state index is 11.8. The summed E-state index contributed by atoms with van der Waals surface area (Å²) in [5.41, 5.74) is 1.77. The molecule has 1 fully saturated rings. The van der Waals surface area contributed by atoms with Gasteiger partial charge in [0.2, 0.25) is 0 Å². The fourth-order valence-electron chi connectivity index (χ4n) is 2.05. The molecular weight excluding hydrogens is 258 g/mol. The predicted octanol–water partition coefficient (Wildman–Crippen LogP) is 3.92. The van der Waals surface area contributed by atoms with Crippen LogP contribution in [0, 0.1) is 0 Å². The first-order chi connectivity index (χ1) is 9.29. The van der Waals surface area contributed by atoms with Gasteiger partial charge in [0.05, 0.1) is 5.71 Å². The number of nitrogens with zero attached hydrogens (tertiary/aromatic N) is 1. The van der Waals surface area contributed by atoms with E-state index in [1.54, 1.807) is 0 Å². The van der Waals surface area contributed by atoms with Gasteiger partial charge in [0, 0.05) is 0 Å². The molecule has 1 saturated heterocycles. The molecule has 4 heteroatoms. The molecule has 0 spiro atoms. The highest BCUT2D eigenvalue weighted by molar-refractivity contribution is 7.99. The number of hydrogen-bond acceptors (Lipinski definition) is 3. The zero-order valence-corrected chi connectivity index (χ0v) is 12.0. The second-order valence-corrected chi connectivity index (χ2v) is 5.70. The van der Waals surface area contributed by atoms with E-state index in [1.165, 1.54) is 0 Å². The van der Waals surface area contributed by atoms with Crippen molar-refractivity contribution in [3.63, 3.8) is 0 Å². The fourth-order valence-corrected chi connectivity index (χ4v) is 3.11. The quantitative estimate of drug-likeness (QED) is 0.786. The van der Waals surface area contributed by atoms with Gasteiger partial charge in [0.1, 0.15) is 6.10 Å². The van der Waals surface area contributed by atoms with Gasteiger partial charge in [-0.25, -0.2) is 4.79 Å². The molecule has 19 heavy (non-hydrogen) atoms. The molecule has 102 valence electrons. The third-order valence-electron chi connectivity index (χ3n) is 3.10. The molecular formula is C15H19NO2S. The highest BCUT2D eigenvalue weighted by Crippen LogP contribution is 2.20. The number of aliphatic imine (C=N–C) groups is 1. The largest absolute Gasteiger partial charge is 0.445 e. The second kappa shape index (κ2) is 7.34. The van der Waals surface area contributed by atoms with Gasteiger partial charge in [0.25, 0.3) is 0 Å². The summed E-state index contributed by atoms with van der Waals surface area (Å²) in [4.78, 5) is 15.9. The molecule has 0 unspecified atom stereocenters. The van der Waals surface area contributed by atoms with Crippen LogP contribution < -0.4 is 0 Å². The van der Waals surface area contributed by atoms with Gasteiger partial charge in [-0.3, -0.25) is 0 Å². The maximum atomic E-state index is 11.8. The molecule has 0 atom stereocenters. The Morgan fingerprint density at radius 3 is 2.63 bits per heavy atom. The molecule has 1 aromatic rings. The Morgan fingerprint density at radius 2 is 2.00 bits per heavy atom. The van der Waals surface area contributed by atoms with E-state index in [9.17, 15) is 4.79 Å². The maximum Gasteiger partial charge on any atom is 0.434 e. The van der Waals surface area contributed by atoms with Crippen molar-refractivity contribution in [3.05, 3.63) is 35.9 Å². The molecule has 2 rings (SSSR count). The summed E-state index contributed by atoms with van der Waals surface area (Å²) in [6.07, 6.45) is 2.21. The van der Waals surface area contributed by atoms with Crippen molar-refractivity contribution in [2.75, 3.05) is 11.5 Å². The molecule has 1 aliphatic heterocycles. The van der Waals surface area contributed by atoms with Crippen LogP contribution in [-0.4, -0.2) is 29.4 Å². The summed E-state index contributed by atoms with van der Waals surface area (Å²) >= 11 is 1.91. The van der Waals surface area contributed by atoms with Crippen molar-refractivity contribution in [1.82, 2.24) is 0 Å². The van der Waals surface area contributed by atoms with Crippen LogP contribution in [-0.2, 0) is 4.74 Å². The van der Waals surface area contributed by atoms with E-state index in [0.29, 0.717) is 0 Å². The van der Waals surface area contributed by atoms with E-state index in [-0.39, 0.29) is 6.10 Å². The highest BCUT2D eigenvalue weighted by Gasteiger charge is 2.18. The summed E-state index contributed by atoms with van der Waals surface area (Å²) in [5, 5.41) is 0. The molecule has 3 nitrogen and oxygen atoms in total. The Kier molecular flexibility index (Phi) is 5.45. The fraction of sp³-hybridized carbons (Fsp3) is 0.467. The molecule has 0 radical (unpaired) electrons. The lowest BCUT2D eigenvalue weighted by molar-refractivity contribution is 0.102. The number of carbonyl (C=O) groups excluding carboxylic acids is 1. The number of hydrogen-bond donors (Lipinski definition) is 0. The molecule has 0 saturated carbocycles. The van der Waals surface area contributed by atoms with Crippen LogP contribution >= 0.6 is 11.8 Å². The SMILES string of the molecule is CC/C(=N/C(=O)OC1CCSCC1)c1ccccc1. The third-order valence-corrected chi connectivity index (χ3v) is 4.15. The summed E-state index contributed by atoms with van der Waals surface area (Å²) in [7, 11) is 0. The minimum absolute atomic E-state index is 0.0476. The molecule has 0 N–H and O–H groups in total. The van der Waals surface area contributed by atoms with E-state index >= 15 is 0 Å². The standard InChI is InChI=1S/C15H19NO2S/c1-2-14(12-6-4-3-5-7-12)16-15(17)18-13-8-10-19-11-9-13/h3-7,13H,2,8-11H2,1H3/b16-14-. The Bertz CT molecular complexity index is 439. The number of ether oxygens (including phenoxy) is 1. The van der Waals surface area contributed by atoms with Gasteiger partial charge in [-0.2, -0.15) is 16.8 Å². The molecule has 0 bridgehead atoms. The molecule has 1 amide bonds. The topological polar surface area (TPSA) is 38.7 Å². The minimum atomic E-state index is -0.447. The van der Waals surface area contributed by atoms with Gasteiger partial charge >= 0.3 is 6.09 Å². The zero-order valence-electron chi connectivity index (χ0n) is 11.2. The monoisotopic (exact) mass is 277 g/mol. The van der Waals surface area contributed by atoms with E-state index in [0.717, 1.165) is 42.0 Å². The van der Waals surface area contributed by atoms with Crippen LogP contribution in [0.4, 0.5) is 4.79 Å². The van der Waals surface area contributed by atoms with Crippen LogP contribution in [0.25, 0.3) is 0 Å². The average Bonchev–Trinajstić information content (AvgIpc) is 2.47. The van der Waals surface area contributed by atoms with Gasteiger partial charge in [-0.05, 0) is 36.3 Å². The Hall–Kier alpha value is -1.29. The summed E-state index contributed by atoms with van der Waals surface area (Å²) in [5.74, 6) is 2.14. The number of amides is 1. The van der Waals surface area contributed by atoms with Crippen LogP contribution in [0.2, 0.25) is 0 Å². The molecule has 1 aromatic carbocycles. The van der Waals surface area contributed by atoms with Crippen LogP contribution in [0.15, 0.2) is 35.3 Å². The van der Waals surface area contributed by atoms with Gasteiger partial charge in [-0.1, -0.05) is 37.3 Å². The van der Waals surface area contributed by atoms with Crippen LogP contribution in [0.5, 0.6) is 0 Å².